The second-order valence-electron chi connectivity index (χ2n) is 5.83. The van der Waals surface area contributed by atoms with E-state index in [1.165, 1.54) is 5.56 Å². The van der Waals surface area contributed by atoms with Crippen molar-refractivity contribution in [2.75, 3.05) is 39.9 Å². The first kappa shape index (κ1) is 13.0. The van der Waals surface area contributed by atoms with Gasteiger partial charge in [0.1, 0.15) is 5.82 Å². The summed E-state index contributed by atoms with van der Waals surface area (Å²) in [4.78, 5) is 13.5. The van der Waals surface area contributed by atoms with Gasteiger partial charge in [0, 0.05) is 56.1 Å². The molecular weight excluding hydrogens is 240 g/mol. The highest BCUT2D eigenvalue weighted by Gasteiger charge is 2.31. The number of rotatable bonds is 2. The minimum atomic E-state index is 0.513. The number of likely N-dealkylation sites (N-methyl/N-ethyl adjacent to an activating group) is 1. The zero-order valence-electron chi connectivity index (χ0n) is 11.7. The molecule has 2 fully saturated rings. The molecule has 0 radical (unpaired) electrons. The summed E-state index contributed by atoms with van der Waals surface area (Å²) in [7, 11) is 2.21. The van der Waals surface area contributed by atoms with Crippen molar-refractivity contribution < 1.29 is 4.74 Å². The quantitative estimate of drug-likeness (QED) is 0.778. The highest BCUT2D eigenvalue weighted by atomic mass is 16.5. The molecule has 5 heteroatoms. The summed E-state index contributed by atoms with van der Waals surface area (Å²) in [6.07, 6.45) is 3.90. The van der Waals surface area contributed by atoms with Crippen LogP contribution in [0.15, 0.2) is 12.4 Å². The van der Waals surface area contributed by atoms with Crippen LogP contribution >= 0.6 is 0 Å². The summed E-state index contributed by atoms with van der Waals surface area (Å²) >= 11 is 0. The smallest absolute Gasteiger partial charge is 0.125 e. The van der Waals surface area contributed by atoms with Crippen molar-refractivity contribution in [2.45, 2.75) is 19.5 Å². The van der Waals surface area contributed by atoms with Crippen LogP contribution in [0.2, 0.25) is 0 Å². The summed E-state index contributed by atoms with van der Waals surface area (Å²) in [6, 6.07) is 0.513. The van der Waals surface area contributed by atoms with E-state index in [0.29, 0.717) is 12.0 Å². The summed E-state index contributed by atoms with van der Waals surface area (Å²) in [5.74, 6) is 1.45. The lowest BCUT2D eigenvalue weighted by molar-refractivity contribution is 0.0515. The average molecular weight is 262 g/mol. The first-order chi connectivity index (χ1) is 9.20. The molecule has 1 aromatic heterocycles. The van der Waals surface area contributed by atoms with Crippen LogP contribution < -0.4 is 0 Å². The Morgan fingerprint density at radius 1 is 1.21 bits per heavy atom. The van der Waals surface area contributed by atoms with Crippen LogP contribution in [-0.2, 0) is 11.3 Å². The van der Waals surface area contributed by atoms with Crippen LogP contribution in [0.1, 0.15) is 11.4 Å². The number of hydrogen-bond donors (Lipinski definition) is 0. The number of aryl methyl sites for hydroxylation is 1. The van der Waals surface area contributed by atoms with Gasteiger partial charge >= 0.3 is 0 Å². The lowest BCUT2D eigenvalue weighted by Crippen LogP contribution is -2.41. The van der Waals surface area contributed by atoms with Gasteiger partial charge in [-0.1, -0.05) is 0 Å². The third kappa shape index (κ3) is 3.11. The highest BCUT2D eigenvalue weighted by molar-refractivity contribution is 5.05. The number of aromatic nitrogens is 2. The normalized spacial score (nSPS) is 29.2. The van der Waals surface area contributed by atoms with Gasteiger partial charge in [0.25, 0.3) is 0 Å². The molecule has 0 spiro atoms. The van der Waals surface area contributed by atoms with E-state index in [9.17, 15) is 0 Å². The predicted molar refractivity (Wildman–Crippen MR) is 72.8 cm³/mol. The van der Waals surface area contributed by atoms with E-state index in [1.807, 2.05) is 19.3 Å². The molecule has 3 heterocycles. The van der Waals surface area contributed by atoms with E-state index < -0.39 is 0 Å². The molecule has 5 nitrogen and oxygen atoms in total. The molecule has 2 aliphatic heterocycles. The Morgan fingerprint density at radius 2 is 2.00 bits per heavy atom. The lowest BCUT2D eigenvalue weighted by atomic mass is 10.1. The van der Waals surface area contributed by atoms with Crippen molar-refractivity contribution >= 4 is 0 Å². The third-order valence-corrected chi connectivity index (χ3v) is 4.06. The van der Waals surface area contributed by atoms with Crippen molar-refractivity contribution in [2.24, 2.45) is 5.92 Å². The van der Waals surface area contributed by atoms with Gasteiger partial charge in [0.2, 0.25) is 0 Å². The van der Waals surface area contributed by atoms with Gasteiger partial charge in [-0.25, -0.2) is 9.97 Å². The van der Waals surface area contributed by atoms with E-state index in [0.717, 1.165) is 45.2 Å². The third-order valence-electron chi connectivity index (χ3n) is 4.06. The van der Waals surface area contributed by atoms with Crippen molar-refractivity contribution in [1.82, 2.24) is 19.8 Å². The Labute approximate surface area is 114 Å². The second kappa shape index (κ2) is 5.53. The Kier molecular flexibility index (Phi) is 3.77. The fraction of sp³-hybridized carbons (Fsp3) is 0.714. The zero-order valence-corrected chi connectivity index (χ0v) is 11.7. The Balaban J connectivity index is 1.69. The van der Waals surface area contributed by atoms with Gasteiger partial charge in [0.15, 0.2) is 0 Å². The molecule has 0 aliphatic carbocycles. The van der Waals surface area contributed by atoms with Crippen LogP contribution in [0.25, 0.3) is 0 Å². The van der Waals surface area contributed by atoms with Crippen LogP contribution in [0.3, 0.4) is 0 Å². The standard InChI is InChI=1S/C14H22N4O/c1-11-15-3-12(4-16-11)6-18-7-13-5-17(2)14(8-18)10-19-9-13/h3-4,13-14H,5-10H2,1-2H3/t13-,14+/m1/s1. The first-order valence-electron chi connectivity index (χ1n) is 6.98. The van der Waals surface area contributed by atoms with Gasteiger partial charge in [-0.2, -0.15) is 0 Å². The maximum absolute atomic E-state index is 5.75. The van der Waals surface area contributed by atoms with Crippen molar-refractivity contribution in [3.63, 3.8) is 0 Å². The molecule has 3 rings (SSSR count). The zero-order chi connectivity index (χ0) is 13.2. The first-order valence-corrected chi connectivity index (χ1v) is 6.98. The van der Waals surface area contributed by atoms with E-state index in [1.54, 1.807) is 0 Å². The Hall–Kier alpha value is -1.04. The molecule has 1 aromatic rings. The lowest BCUT2D eigenvalue weighted by Gasteiger charge is -2.29. The Bertz CT molecular complexity index is 422. The topological polar surface area (TPSA) is 41.5 Å². The van der Waals surface area contributed by atoms with Gasteiger partial charge in [-0.3, -0.25) is 9.80 Å². The van der Waals surface area contributed by atoms with Crippen LogP contribution in [0.5, 0.6) is 0 Å². The molecule has 0 saturated carbocycles. The van der Waals surface area contributed by atoms with Gasteiger partial charge in [0.05, 0.1) is 13.2 Å². The summed E-state index contributed by atoms with van der Waals surface area (Å²) in [6.45, 7) is 7.93. The molecule has 0 unspecified atom stereocenters. The van der Waals surface area contributed by atoms with Crippen LogP contribution in [0, 0.1) is 12.8 Å². The number of hydrogen-bond acceptors (Lipinski definition) is 5. The summed E-state index contributed by atoms with van der Waals surface area (Å²) < 4.78 is 5.75. The molecular formula is C14H22N4O. The second-order valence-corrected chi connectivity index (χ2v) is 5.83. The van der Waals surface area contributed by atoms with Crippen molar-refractivity contribution in [1.29, 1.82) is 0 Å². The molecule has 0 aromatic carbocycles. The minimum Gasteiger partial charge on any atom is -0.379 e. The van der Waals surface area contributed by atoms with Crippen LogP contribution in [-0.4, -0.2) is 65.7 Å². The molecule has 0 amide bonds. The van der Waals surface area contributed by atoms with Crippen molar-refractivity contribution in [3.05, 3.63) is 23.8 Å². The van der Waals surface area contributed by atoms with Crippen molar-refractivity contribution in [3.8, 4) is 0 Å². The molecule has 0 N–H and O–H groups in total. The molecule has 104 valence electrons. The molecule has 19 heavy (non-hydrogen) atoms. The average Bonchev–Trinajstić information content (AvgIpc) is 2.61. The molecule has 2 bridgehead atoms. The largest absolute Gasteiger partial charge is 0.379 e. The number of nitrogens with zero attached hydrogens (tertiary/aromatic N) is 4. The monoisotopic (exact) mass is 262 g/mol. The summed E-state index contributed by atoms with van der Waals surface area (Å²) in [5.41, 5.74) is 1.20. The molecule has 2 atom stereocenters. The SMILES string of the molecule is Cc1ncc(CN2C[C@@H]3COC[C@H](C2)N(C)C3)cn1. The van der Waals surface area contributed by atoms with E-state index in [2.05, 4.69) is 26.8 Å². The summed E-state index contributed by atoms with van der Waals surface area (Å²) in [5, 5.41) is 0. The maximum atomic E-state index is 5.75. The fourth-order valence-corrected chi connectivity index (χ4v) is 3.04. The molecule has 2 aliphatic rings. The number of ether oxygens (including phenoxy) is 1. The predicted octanol–water partition coefficient (Wildman–Crippen LogP) is 0.547. The maximum Gasteiger partial charge on any atom is 0.125 e. The van der Waals surface area contributed by atoms with Crippen LogP contribution in [0.4, 0.5) is 0 Å². The fourth-order valence-electron chi connectivity index (χ4n) is 3.04. The minimum absolute atomic E-state index is 0.513. The van der Waals surface area contributed by atoms with Gasteiger partial charge in [-0.15, -0.1) is 0 Å². The van der Waals surface area contributed by atoms with E-state index >= 15 is 0 Å². The van der Waals surface area contributed by atoms with E-state index in [4.69, 9.17) is 4.74 Å². The Morgan fingerprint density at radius 3 is 2.79 bits per heavy atom. The van der Waals surface area contributed by atoms with E-state index in [-0.39, 0.29) is 0 Å². The highest BCUT2D eigenvalue weighted by Crippen LogP contribution is 2.19. The van der Waals surface area contributed by atoms with Gasteiger partial charge in [-0.05, 0) is 14.0 Å². The number of fused-ring (bicyclic) bond motifs is 3. The molecule has 2 saturated heterocycles. The van der Waals surface area contributed by atoms with Gasteiger partial charge < -0.3 is 4.74 Å².